The topological polar surface area (TPSA) is 70.2 Å². The van der Waals surface area contributed by atoms with E-state index in [0.717, 1.165) is 11.3 Å². The van der Waals surface area contributed by atoms with Crippen LogP contribution in [0.4, 0.5) is 0 Å². The molecule has 0 saturated carbocycles. The van der Waals surface area contributed by atoms with Crippen LogP contribution in [-0.2, 0) is 11.8 Å². The summed E-state index contributed by atoms with van der Waals surface area (Å²) in [7, 11) is 1.81. The highest BCUT2D eigenvalue weighted by Gasteiger charge is 2.24. The predicted molar refractivity (Wildman–Crippen MR) is 67.1 cm³/mol. The van der Waals surface area contributed by atoms with Crippen LogP contribution < -0.4 is 0 Å². The van der Waals surface area contributed by atoms with Gasteiger partial charge in [0, 0.05) is 13.2 Å². The zero-order valence-corrected chi connectivity index (χ0v) is 11.8. The van der Waals surface area contributed by atoms with E-state index in [0.29, 0.717) is 16.8 Å². The summed E-state index contributed by atoms with van der Waals surface area (Å²) in [5, 5.41) is 7.94. The van der Waals surface area contributed by atoms with Crippen molar-refractivity contribution < 1.29 is 14.1 Å². The molecule has 0 fully saturated rings. The van der Waals surface area contributed by atoms with Crippen LogP contribution >= 0.6 is 15.9 Å². The SMILES string of the molecule is CCOC(=O)c1noc(-c2cn(C)nc2C)c1Br. The van der Waals surface area contributed by atoms with Crippen molar-refractivity contribution in [3.05, 3.63) is 22.1 Å². The lowest BCUT2D eigenvalue weighted by atomic mass is 10.2. The summed E-state index contributed by atoms with van der Waals surface area (Å²) in [6.07, 6.45) is 1.80. The first-order chi connectivity index (χ1) is 8.54. The molecule has 18 heavy (non-hydrogen) atoms. The Labute approximate surface area is 112 Å². The van der Waals surface area contributed by atoms with E-state index in [1.54, 1.807) is 17.8 Å². The standard InChI is InChI=1S/C11H12BrN3O3/c1-4-17-11(16)9-8(12)10(18-14-9)7-5-15(3)13-6(7)2/h5H,4H2,1-3H3. The van der Waals surface area contributed by atoms with Crippen LogP contribution in [0, 0.1) is 6.92 Å². The number of halogens is 1. The van der Waals surface area contributed by atoms with E-state index in [-0.39, 0.29) is 5.69 Å². The Morgan fingerprint density at radius 1 is 1.61 bits per heavy atom. The predicted octanol–water partition coefficient (Wildman–Crippen LogP) is 2.32. The highest BCUT2D eigenvalue weighted by atomic mass is 79.9. The molecule has 0 radical (unpaired) electrons. The summed E-state index contributed by atoms with van der Waals surface area (Å²) in [5.74, 6) is -0.0374. The molecule has 0 aliphatic rings. The van der Waals surface area contributed by atoms with Gasteiger partial charge in [0.1, 0.15) is 4.47 Å². The second-order valence-electron chi connectivity index (χ2n) is 3.70. The molecule has 0 spiro atoms. The molecule has 0 N–H and O–H groups in total. The van der Waals surface area contributed by atoms with Crippen LogP contribution in [0.3, 0.4) is 0 Å². The van der Waals surface area contributed by atoms with Crippen molar-refractivity contribution in [2.24, 2.45) is 7.05 Å². The summed E-state index contributed by atoms with van der Waals surface area (Å²) in [6, 6.07) is 0. The van der Waals surface area contributed by atoms with Gasteiger partial charge >= 0.3 is 5.97 Å². The van der Waals surface area contributed by atoms with Gasteiger partial charge in [0.25, 0.3) is 0 Å². The number of aromatic nitrogens is 3. The molecule has 6 nitrogen and oxygen atoms in total. The van der Waals surface area contributed by atoms with Crippen molar-refractivity contribution in [2.45, 2.75) is 13.8 Å². The maximum Gasteiger partial charge on any atom is 0.361 e. The van der Waals surface area contributed by atoms with E-state index in [9.17, 15) is 4.79 Å². The monoisotopic (exact) mass is 313 g/mol. The lowest BCUT2D eigenvalue weighted by Gasteiger charge is -1.97. The Kier molecular flexibility index (Phi) is 3.51. The largest absolute Gasteiger partial charge is 0.461 e. The van der Waals surface area contributed by atoms with E-state index < -0.39 is 5.97 Å². The molecular formula is C11H12BrN3O3. The van der Waals surface area contributed by atoms with Crippen LogP contribution in [0.5, 0.6) is 0 Å². The van der Waals surface area contributed by atoms with Crippen LogP contribution in [-0.4, -0.2) is 27.5 Å². The van der Waals surface area contributed by atoms with E-state index >= 15 is 0 Å². The zero-order valence-electron chi connectivity index (χ0n) is 10.2. The molecule has 0 aliphatic heterocycles. The molecule has 0 aromatic carbocycles. The van der Waals surface area contributed by atoms with Gasteiger partial charge < -0.3 is 9.26 Å². The number of esters is 1. The quantitative estimate of drug-likeness (QED) is 0.813. The minimum atomic E-state index is -0.513. The summed E-state index contributed by atoms with van der Waals surface area (Å²) in [6.45, 7) is 3.88. The van der Waals surface area contributed by atoms with Crippen molar-refractivity contribution in [2.75, 3.05) is 6.61 Å². The Morgan fingerprint density at radius 2 is 2.33 bits per heavy atom. The van der Waals surface area contributed by atoms with Gasteiger partial charge in [-0.15, -0.1) is 0 Å². The van der Waals surface area contributed by atoms with Crippen LogP contribution in [0.15, 0.2) is 15.2 Å². The molecule has 2 aromatic rings. The Bertz CT molecular complexity index is 588. The first-order valence-corrected chi connectivity index (χ1v) is 6.16. The average molecular weight is 314 g/mol. The highest BCUT2D eigenvalue weighted by Crippen LogP contribution is 2.32. The molecule has 96 valence electrons. The lowest BCUT2D eigenvalue weighted by molar-refractivity contribution is 0.0513. The van der Waals surface area contributed by atoms with Gasteiger partial charge in [-0.25, -0.2) is 4.79 Å². The third kappa shape index (κ3) is 2.17. The van der Waals surface area contributed by atoms with Gasteiger partial charge in [0.05, 0.1) is 17.9 Å². The fourth-order valence-electron chi connectivity index (χ4n) is 1.60. The minimum Gasteiger partial charge on any atom is -0.461 e. The van der Waals surface area contributed by atoms with E-state index in [1.165, 1.54) is 0 Å². The summed E-state index contributed by atoms with van der Waals surface area (Å²) >= 11 is 3.31. The Balaban J connectivity index is 2.42. The molecule has 0 amide bonds. The summed E-state index contributed by atoms with van der Waals surface area (Å²) in [4.78, 5) is 11.6. The van der Waals surface area contributed by atoms with Gasteiger partial charge in [0.2, 0.25) is 5.69 Å². The highest BCUT2D eigenvalue weighted by molar-refractivity contribution is 9.10. The molecule has 7 heteroatoms. The molecule has 0 aliphatic carbocycles. The van der Waals surface area contributed by atoms with Crippen molar-refractivity contribution in [3.63, 3.8) is 0 Å². The van der Waals surface area contributed by atoms with E-state index in [1.807, 2.05) is 14.0 Å². The smallest absolute Gasteiger partial charge is 0.361 e. The molecule has 0 bridgehead atoms. The number of ether oxygens (including phenoxy) is 1. The number of aryl methyl sites for hydroxylation is 2. The Hall–Kier alpha value is -1.63. The van der Waals surface area contributed by atoms with E-state index in [2.05, 4.69) is 26.2 Å². The van der Waals surface area contributed by atoms with Gasteiger partial charge in [-0.05, 0) is 29.8 Å². The molecule has 2 aromatic heterocycles. The molecule has 2 heterocycles. The number of rotatable bonds is 3. The van der Waals surface area contributed by atoms with Crippen molar-refractivity contribution in [1.29, 1.82) is 0 Å². The van der Waals surface area contributed by atoms with Gasteiger partial charge in [-0.2, -0.15) is 5.10 Å². The Morgan fingerprint density at radius 3 is 2.89 bits per heavy atom. The molecule has 0 atom stereocenters. The second-order valence-corrected chi connectivity index (χ2v) is 4.49. The van der Waals surface area contributed by atoms with Crippen molar-refractivity contribution in [3.8, 4) is 11.3 Å². The number of hydrogen-bond acceptors (Lipinski definition) is 5. The van der Waals surface area contributed by atoms with Gasteiger partial charge in [0.15, 0.2) is 5.76 Å². The first-order valence-electron chi connectivity index (χ1n) is 5.37. The molecule has 0 unspecified atom stereocenters. The lowest BCUT2D eigenvalue weighted by Crippen LogP contribution is -2.05. The zero-order chi connectivity index (χ0) is 13.3. The number of carbonyl (C=O) groups excluding carboxylic acids is 1. The fraction of sp³-hybridized carbons (Fsp3) is 0.364. The number of carbonyl (C=O) groups is 1. The maximum atomic E-state index is 11.6. The van der Waals surface area contributed by atoms with Gasteiger partial charge in [-0.1, -0.05) is 5.16 Å². The molecule has 2 rings (SSSR count). The number of hydrogen-bond donors (Lipinski definition) is 0. The van der Waals surface area contributed by atoms with Crippen LogP contribution in [0.1, 0.15) is 23.1 Å². The maximum absolute atomic E-state index is 11.6. The van der Waals surface area contributed by atoms with Crippen molar-refractivity contribution >= 4 is 21.9 Å². The van der Waals surface area contributed by atoms with Crippen LogP contribution in [0.25, 0.3) is 11.3 Å². The van der Waals surface area contributed by atoms with E-state index in [4.69, 9.17) is 9.26 Å². The number of nitrogens with zero attached hydrogens (tertiary/aromatic N) is 3. The van der Waals surface area contributed by atoms with Crippen LogP contribution in [0.2, 0.25) is 0 Å². The molecular weight excluding hydrogens is 302 g/mol. The fourth-order valence-corrected chi connectivity index (χ4v) is 2.12. The third-order valence-electron chi connectivity index (χ3n) is 2.36. The average Bonchev–Trinajstić information content (AvgIpc) is 2.82. The normalized spacial score (nSPS) is 10.7. The minimum absolute atomic E-state index is 0.134. The third-order valence-corrected chi connectivity index (χ3v) is 3.10. The first kappa shape index (κ1) is 12.8. The summed E-state index contributed by atoms with van der Waals surface area (Å²) < 4.78 is 12.2. The summed E-state index contributed by atoms with van der Waals surface area (Å²) in [5.41, 5.74) is 1.72. The molecule has 0 saturated heterocycles. The van der Waals surface area contributed by atoms with Crippen molar-refractivity contribution in [1.82, 2.24) is 14.9 Å². The van der Waals surface area contributed by atoms with Gasteiger partial charge in [-0.3, -0.25) is 4.68 Å². The second kappa shape index (κ2) is 4.93.